The molecule has 0 aliphatic rings. The van der Waals surface area contributed by atoms with E-state index in [2.05, 4.69) is 15.5 Å². The fraction of sp³-hybridized carbons (Fsp3) is 0.154. The number of anilines is 1. The summed E-state index contributed by atoms with van der Waals surface area (Å²) in [5.41, 5.74) is 1.29. The van der Waals surface area contributed by atoms with Crippen LogP contribution in [0, 0.1) is 13.8 Å². The molecule has 0 aromatic carbocycles. The molecule has 0 unspecified atom stereocenters. The second kappa shape index (κ2) is 4.93. The minimum absolute atomic E-state index is 0.0643. The lowest BCUT2D eigenvalue weighted by Crippen LogP contribution is -2.12. The number of amides is 1. The van der Waals surface area contributed by atoms with Gasteiger partial charge in [-0.25, -0.2) is 0 Å². The van der Waals surface area contributed by atoms with E-state index in [1.807, 2.05) is 16.8 Å². The highest BCUT2D eigenvalue weighted by Gasteiger charge is 2.17. The van der Waals surface area contributed by atoms with E-state index in [0.717, 1.165) is 5.56 Å². The fourth-order valence-electron chi connectivity index (χ4n) is 1.80. The van der Waals surface area contributed by atoms with Crippen molar-refractivity contribution < 1.29 is 13.6 Å². The predicted octanol–water partition coefficient (Wildman–Crippen LogP) is 3.26. The van der Waals surface area contributed by atoms with Gasteiger partial charge in [-0.1, -0.05) is 5.10 Å². The molecule has 6 nitrogen and oxygen atoms in total. The minimum Gasteiger partial charge on any atom is -0.466 e. The van der Waals surface area contributed by atoms with Crippen molar-refractivity contribution in [2.75, 3.05) is 5.32 Å². The summed E-state index contributed by atoms with van der Waals surface area (Å²) in [6.07, 6.45) is 0. The summed E-state index contributed by atoms with van der Waals surface area (Å²) < 4.78 is 10.7. The number of carbonyl (C=O) groups excluding carboxylic acids is 1. The topological polar surface area (TPSA) is 81.2 Å². The first-order valence-electron chi connectivity index (χ1n) is 5.88. The highest BCUT2D eigenvalue weighted by Crippen LogP contribution is 2.22. The third kappa shape index (κ3) is 2.35. The molecular weight excluding hydrogens is 278 g/mol. The summed E-state index contributed by atoms with van der Waals surface area (Å²) >= 11 is 1.53. The summed E-state index contributed by atoms with van der Waals surface area (Å²) in [5.74, 6) is 1.27. The molecule has 3 aromatic rings. The maximum Gasteiger partial charge on any atom is 0.322 e. The maximum atomic E-state index is 12.0. The molecule has 0 aliphatic carbocycles. The Kier molecular flexibility index (Phi) is 3.11. The van der Waals surface area contributed by atoms with Gasteiger partial charge in [0.1, 0.15) is 11.5 Å². The highest BCUT2D eigenvalue weighted by atomic mass is 32.1. The maximum absolute atomic E-state index is 12.0. The number of hydrogen-bond acceptors (Lipinski definition) is 6. The number of nitrogens with one attached hydrogen (secondary N) is 1. The van der Waals surface area contributed by atoms with Crippen molar-refractivity contribution in [1.82, 2.24) is 10.2 Å². The van der Waals surface area contributed by atoms with Gasteiger partial charge in [0, 0.05) is 10.9 Å². The van der Waals surface area contributed by atoms with Crippen molar-refractivity contribution >= 4 is 23.3 Å². The van der Waals surface area contributed by atoms with Crippen LogP contribution in [-0.2, 0) is 0 Å². The Hall–Kier alpha value is -2.41. The Labute approximate surface area is 118 Å². The summed E-state index contributed by atoms with van der Waals surface area (Å²) in [5, 5.41) is 14.0. The number of carbonyl (C=O) groups is 1. The van der Waals surface area contributed by atoms with Crippen LogP contribution < -0.4 is 5.32 Å². The zero-order valence-corrected chi connectivity index (χ0v) is 11.7. The van der Waals surface area contributed by atoms with Crippen LogP contribution in [0.4, 0.5) is 6.01 Å². The van der Waals surface area contributed by atoms with Gasteiger partial charge in [-0.05, 0) is 31.4 Å². The van der Waals surface area contributed by atoms with Gasteiger partial charge in [-0.2, -0.15) is 11.3 Å². The van der Waals surface area contributed by atoms with Gasteiger partial charge in [0.25, 0.3) is 11.8 Å². The molecular formula is C13H11N3O3S. The molecule has 0 fully saturated rings. The van der Waals surface area contributed by atoms with E-state index in [-0.39, 0.29) is 11.9 Å². The Morgan fingerprint density at radius 3 is 2.80 bits per heavy atom. The van der Waals surface area contributed by atoms with E-state index in [9.17, 15) is 4.79 Å². The van der Waals surface area contributed by atoms with E-state index in [0.29, 0.717) is 23.0 Å². The van der Waals surface area contributed by atoms with Crippen molar-refractivity contribution in [2.24, 2.45) is 0 Å². The van der Waals surface area contributed by atoms with Crippen molar-refractivity contribution in [1.29, 1.82) is 0 Å². The Bertz CT molecular complexity index is 743. The van der Waals surface area contributed by atoms with E-state index < -0.39 is 0 Å². The number of aromatic nitrogens is 2. The fourth-order valence-corrected chi connectivity index (χ4v) is 2.43. The van der Waals surface area contributed by atoms with Crippen LogP contribution in [0.15, 0.2) is 31.7 Å². The number of aryl methyl sites for hydroxylation is 2. The lowest BCUT2D eigenvalue weighted by atomic mass is 10.2. The monoisotopic (exact) mass is 289 g/mol. The first-order chi connectivity index (χ1) is 9.63. The minimum atomic E-state index is -0.333. The van der Waals surface area contributed by atoms with E-state index in [4.69, 9.17) is 8.83 Å². The first kappa shape index (κ1) is 12.6. The average molecular weight is 289 g/mol. The van der Waals surface area contributed by atoms with Gasteiger partial charge in [0.15, 0.2) is 0 Å². The predicted molar refractivity (Wildman–Crippen MR) is 73.7 cm³/mol. The molecule has 102 valence electrons. The van der Waals surface area contributed by atoms with E-state index in [1.54, 1.807) is 19.9 Å². The highest BCUT2D eigenvalue weighted by molar-refractivity contribution is 7.08. The smallest absolute Gasteiger partial charge is 0.322 e. The SMILES string of the molecule is Cc1cc(C(=O)Nc2nnc(-c3ccsc3)o2)c(C)o1. The number of rotatable bonds is 3. The molecule has 0 saturated carbocycles. The third-order valence-electron chi connectivity index (χ3n) is 2.70. The van der Waals surface area contributed by atoms with Crippen LogP contribution in [0.25, 0.3) is 11.5 Å². The lowest BCUT2D eigenvalue weighted by Gasteiger charge is -1.97. The summed E-state index contributed by atoms with van der Waals surface area (Å²) in [6.45, 7) is 3.51. The zero-order chi connectivity index (χ0) is 14.1. The Morgan fingerprint density at radius 1 is 1.30 bits per heavy atom. The van der Waals surface area contributed by atoms with Crippen molar-refractivity contribution in [3.05, 3.63) is 40.0 Å². The molecule has 1 amide bonds. The number of nitrogens with zero attached hydrogens (tertiary/aromatic N) is 2. The van der Waals surface area contributed by atoms with Gasteiger partial charge < -0.3 is 8.83 Å². The summed E-state index contributed by atoms with van der Waals surface area (Å²) in [4.78, 5) is 12.0. The standard InChI is InChI=1S/C13H11N3O3S/c1-7-5-10(8(2)18-7)11(17)14-13-16-15-12(19-13)9-3-4-20-6-9/h3-6H,1-2H3,(H,14,16,17). The molecule has 3 heterocycles. The zero-order valence-electron chi connectivity index (χ0n) is 10.8. The first-order valence-corrected chi connectivity index (χ1v) is 6.82. The quantitative estimate of drug-likeness (QED) is 0.800. The van der Waals surface area contributed by atoms with E-state index in [1.165, 1.54) is 11.3 Å². The molecule has 7 heteroatoms. The van der Waals surface area contributed by atoms with Crippen LogP contribution in [0.3, 0.4) is 0 Å². The molecule has 0 spiro atoms. The van der Waals surface area contributed by atoms with Crippen molar-refractivity contribution in [3.8, 4) is 11.5 Å². The van der Waals surface area contributed by atoms with Crippen molar-refractivity contribution in [3.63, 3.8) is 0 Å². The summed E-state index contributed by atoms with van der Waals surface area (Å²) in [6, 6.07) is 3.60. The van der Waals surface area contributed by atoms with Crippen LogP contribution in [-0.4, -0.2) is 16.1 Å². The van der Waals surface area contributed by atoms with Crippen LogP contribution >= 0.6 is 11.3 Å². The molecule has 20 heavy (non-hydrogen) atoms. The number of hydrogen-bond donors (Lipinski definition) is 1. The van der Waals surface area contributed by atoms with Crippen LogP contribution in [0.1, 0.15) is 21.9 Å². The van der Waals surface area contributed by atoms with Gasteiger partial charge >= 0.3 is 6.01 Å². The van der Waals surface area contributed by atoms with Gasteiger partial charge in [0.2, 0.25) is 0 Å². The van der Waals surface area contributed by atoms with Gasteiger partial charge in [0.05, 0.1) is 5.56 Å². The molecule has 0 saturated heterocycles. The van der Waals surface area contributed by atoms with Crippen molar-refractivity contribution in [2.45, 2.75) is 13.8 Å². The molecule has 0 radical (unpaired) electrons. The van der Waals surface area contributed by atoms with Gasteiger partial charge in [-0.3, -0.25) is 10.1 Å². The van der Waals surface area contributed by atoms with Crippen LogP contribution in [0.5, 0.6) is 0 Å². The molecule has 1 N–H and O–H groups in total. The second-order valence-electron chi connectivity index (χ2n) is 4.21. The third-order valence-corrected chi connectivity index (χ3v) is 3.38. The van der Waals surface area contributed by atoms with Crippen LogP contribution in [0.2, 0.25) is 0 Å². The number of thiophene rings is 1. The Morgan fingerprint density at radius 2 is 2.15 bits per heavy atom. The second-order valence-corrected chi connectivity index (χ2v) is 4.99. The average Bonchev–Trinajstić information content (AvgIpc) is 3.09. The summed E-state index contributed by atoms with van der Waals surface area (Å²) in [7, 11) is 0. The van der Waals surface area contributed by atoms with E-state index >= 15 is 0 Å². The Balaban J connectivity index is 1.78. The molecule has 0 atom stereocenters. The normalized spacial score (nSPS) is 10.7. The molecule has 3 rings (SSSR count). The molecule has 0 bridgehead atoms. The number of furan rings is 1. The largest absolute Gasteiger partial charge is 0.466 e. The molecule has 3 aromatic heterocycles. The molecule has 0 aliphatic heterocycles. The van der Waals surface area contributed by atoms with Gasteiger partial charge in [-0.15, -0.1) is 5.10 Å². The lowest BCUT2D eigenvalue weighted by molar-refractivity contribution is 0.102.